The number of hydrogen-bond acceptors (Lipinski definition) is 1. The molecule has 0 N–H and O–H groups in total. The second-order valence-corrected chi connectivity index (χ2v) is 5.57. The highest BCUT2D eigenvalue weighted by atomic mass is 35.5. The third kappa shape index (κ3) is 2.62. The fourth-order valence-electron chi connectivity index (χ4n) is 2.61. The number of nitrogens with zero attached hydrogens (tertiary/aromatic N) is 2. The predicted molar refractivity (Wildman–Crippen MR) is 78.2 cm³/mol. The number of imidazole rings is 1. The van der Waals surface area contributed by atoms with Gasteiger partial charge in [0.1, 0.15) is 11.3 Å². The monoisotopic (exact) mass is 282 g/mol. The van der Waals surface area contributed by atoms with Crippen LogP contribution in [0.15, 0.2) is 18.2 Å². The van der Waals surface area contributed by atoms with Crippen molar-refractivity contribution in [3.05, 3.63) is 29.8 Å². The lowest BCUT2D eigenvalue weighted by molar-refractivity contribution is 0.444. The van der Waals surface area contributed by atoms with Crippen molar-refractivity contribution in [1.29, 1.82) is 0 Å². The van der Waals surface area contributed by atoms with Gasteiger partial charge in [0.2, 0.25) is 0 Å². The molecule has 0 saturated carbocycles. The minimum Gasteiger partial charge on any atom is -0.324 e. The Kier molecular flexibility index (Phi) is 4.46. The van der Waals surface area contributed by atoms with Gasteiger partial charge in [-0.1, -0.05) is 26.3 Å². The minimum atomic E-state index is -0.277. The molecule has 4 heteroatoms. The van der Waals surface area contributed by atoms with Crippen LogP contribution in [-0.2, 0) is 0 Å². The Morgan fingerprint density at radius 2 is 2.11 bits per heavy atom. The summed E-state index contributed by atoms with van der Waals surface area (Å²) in [7, 11) is 0. The van der Waals surface area contributed by atoms with E-state index in [1.54, 1.807) is 6.07 Å². The van der Waals surface area contributed by atoms with Crippen molar-refractivity contribution in [3.8, 4) is 0 Å². The summed E-state index contributed by atoms with van der Waals surface area (Å²) in [6.45, 7) is 6.19. The summed E-state index contributed by atoms with van der Waals surface area (Å²) in [4.78, 5) is 4.42. The van der Waals surface area contributed by atoms with Crippen LogP contribution in [0, 0.1) is 5.82 Å². The topological polar surface area (TPSA) is 17.8 Å². The van der Waals surface area contributed by atoms with Gasteiger partial charge in [-0.25, -0.2) is 9.37 Å². The summed E-state index contributed by atoms with van der Waals surface area (Å²) in [6, 6.07) is 5.43. The molecular weight excluding hydrogens is 263 g/mol. The Labute approximate surface area is 118 Å². The van der Waals surface area contributed by atoms with Gasteiger partial charge < -0.3 is 4.57 Å². The van der Waals surface area contributed by atoms with Gasteiger partial charge in [-0.2, -0.15) is 0 Å². The Morgan fingerprint density at radius 3 is 2.68 bits per heavy atom. The van der Waals surface area contributed by atoms with Crippen molar-refractivity contribution in [2.24, 2.45) is 0 Å². The largest absolute Gasteiger partial charge is 0.324 e. The molecule has 0 saturated heterocycles. The number of para-hydroxylation sites is 1. The van der Waals surface area contributed by atoms with E-state index in [1.807, 2.05) is 13.0 Å². The second-order valence-electron chi connectivity index (χ2n) is 4.91. The Bertz CT molecular complexity index is 563. The number of hydrogen-bond donors (Lipinski definition) is 0. The lowest BCUT2D eigenvalue weighted by Crippen LogP contribution is -2.12. The molecule has 1 aromatic carbocycles. The van der Waals surface area contributed by atoms with Gasteiger partial charge in [0.05, 0.1) is 10.9 Å². The normalized spacial score (nSPS) is 14.8. The van der Waals surface area contributed by atoms with E-state index >= 15 is 0 Å². The van der Waals surface area contributed by atoms with Crippen LogP contribution >= 0.6 is 11.6 Å². The zero-order chi connectivity index (χ0) is 14.0. The lowest BCUT2D eigenvalue weighted by Gasteiger charge is -2.20. The highest BCUT2D eigenvalue weighted by molar-refractivity contribution is 6.20. The summed E-state index contributed by atoms with van der Waals surface area (Å²) in [5.41, 5.74) is 1.28. The number of alkyl halides is 1. The van der Waals surface area contributed by atoms with Crippen molar-refractivity contribution in [3.63, 3.8) is 0 Å². The van der Waals surface area contributed by atoms with Crippen molar-refractivity contribution < 1.29 is 4.39 Å². The van der Waals surface area contributed by atoms with E-state index in [4.69, 9.17) is 11.6 Å². The first-order valence-electron chi connectivity index (χ1n) is 6.90. The molecule has 1 aromatic heterocycles. The van der Waals surface area contributed by atoms with Crippen LogP contribution in [0.3, 0.4) is 0 Å². The quantitative estimate of drug-likeness (QED) is 0.687. The molecule has 19 heavy (non-hydrogen) atoms. The molecule has 0 bridgehead atoms. The van der Waals surface area contributed by atoms with E-state index in [-0.39, 0.29) is 11.2 Å². The molecule has 0 aliphatic heterocycles. The molecule has 2 aromatic rings. The van der Waals surface area contributed by atoms with E-state index < -0.39 is 0 Å². The molecule has 104 valence electrons. The molecule has 0 radical (unpaired) electrons. The van der Waals surface area contributed by atoms with Gasteiger partial charge in [-0.05, 0) is 31.9 Å². The van der Waals surface area contributed by atoms with E-state index in [9.17, 15) is 4.39 Å². The molecule has 0 fully saturated rings. The highest BCUT2D eigenvalue weighted by Gasteiger charge is 2.21. The van der Waals surface area contributed by atoms with Crippen molar-refractivity contribution >= 4 is 22.6 Å². The summed E-state index contributed by atoms with van der Waals surface area (Å²) in [6.07, 6.45) is 3.13. The van der Waals surface area contributed by atoms with Gasteiger partial charge >= 0.3 is 0 Å². The fourth-order valence-corrected chi connectivity index (χ4v) is 2.77. The third-order valence-corrected chi connectivity index (χ3v) is 3.71. The SMILES string of the molecule is CCCC(CC)n1c(C(C)Cl)nc2c(F)cccc21. The molecule has 0 spiro atoms. The average molecular weight is 283 g/mol. The molecule has 2 rings (SSSR count). The van der Waals surface area contributed by atoms with E-state index in [2.05, 4.69) is 23.4 Å². The maximum absolute atomic E-state index is 13.9. The summed E-state index contributed by atoms with van der Waals surface area (Å²) in [5, 5.41) is -0.224. The van der Waals surface area contributed by atoms with Crippen LogP contribution in [-0.4, -0.2) is 9.55 Å². The molecule has 2 atom stereocenters. The molecular formula is C15H20ClFN2. The number of fused-ring (bicyclic) bond motifs is 1. The summed E-state index contributed by atoms with van der Waals surface area (Å²) in [5.74, 6) is 0.489. The lowest BCUT2D eigenvalue weighted by atomic mass is 10.1. The van der Waals surface area contributed by atoms with Gasteiger partial charge in [0.15, 0.2) is 5.82 Å². The van der Waals surface area contributed by atoms with E-state index in [1.165, 1.54) is 6.07 Å². The maximum Gasteiger partial charge on any atom is 0.151 e. The number of aromatic nitrogens is 2. The number of benzene rings is 1. The first-order valence-corrected chi connectivity index (χ1v) is 7.34. The van der Waals surface area contributed by atoms with Crippen molar-refractivity contribution in [2.45, 2.75) is 51.5 Å². The molecule has 2 unspecified atom stereocenters. The number of halogens is 2. The molecule has 0 aliphatic rings. The van der Waals surface area contributed by atoms with Crippen LogP contribution in [0.25, 0.3) is 11.0 Å². The summed E-state index contributed by atoms with van der Waals surface area (Å²) >= 11 is 6.23. The van der Waals surface area contributed by atoms with Crippen LogP contribution in [0.4, 0.5) is 4.39 Å². The second kappa shape index (κ2) is 5.91. The van der Waals surface area contributed by atoms with E-state index in [0.717, 1.165) is 30.6 Å². The van der Waals surface area contributed by atoms with Crippen LogP contribution in [0.1, 0.15) is 57.3 Å². The first kappa shape index (κ1) is 14.3. The Hall–Kier alpha value is -1.09. The molecule has 0 amide bonds. The van der Waals surface area contributed by atoms with Crippen LogP contribution in [0.5, 0.6) is 0 Å². The zero-order valence-corrected chi connectivity index (χ0v) is 12.4. The van der Waals surface area contributed by atoms with Gasteiger partial charge in [-0.15, -0.1) is 11.6 Å². The smallest absolute Gasteiger partial charge is 0.151 e. The van der Waals surface area contributed by atoms with Crippen molar-refractivity contribution in [1.82, 2.24) is 9.55 Å². The standard InChI is InChI=1S/C15H20ClFN2/c1-4-7-11(5-2)19-13-9-6-8-12(17)14(13)18-15(19)10(3)16/h6,8-11H,4-5,7H2,1-3H3. The zero-order valence-electron chi connectivity index (χ0n) is 11.7. The van der Waals surface area contributed by atoms with Gasteiger partial charge in [0, 0.05) is 6.04 Å². The summed E-state index contributed by atoms with van der Waals surface area (Å²) < 4.78 is 16.0. The third-order valence-electron chi connectivity index (χ3n) is 3.51. The predicted octanol–water partition coefficient (Wildman–Crippen LogP) is 5.23. The van der Waals surface area contributed by atoms with Crippen molar-refractivity contribution in [2.75, 3.05) is 0 Å². The molecule has 1 heterocycles. The molecule has 0 aliphatic carbocycles. The number of rotatable bonds is 5. The Balaban J connectivity index is 2.67. The minimum absolute atomic E-state index is 0.224. The van der Waals surface area contributed by atoms with Crippen LogP contribution in [0.2, 0.25) is 0 Å². The maximum atomic E-state index is 13.9. The first-order chi connectivity index (χ1) is 9.10. The molecule has 2 nitrogen and oxygen atoms in total. The van der Waals surface area contributed by atoms with Crippen LogP contribution < -0.4 is 0 Å². The average Bonchev–Trinajstić information content (AvgIpc) is 2.77. The van der Waals surface area contributed by atoms with E-state index in [0.29, 0.717) is 11.6 Å². The Morgan fingerprint density at radius 1 is 1.37 bits per heavy atom. The fraction of sp³-hybridized carbons (Fsp3) is 0.533. The van der Waals surface area contributed by atoms with Gasteiger partial charge in [-0.3, -0.25) is 0 Å². The highest BCUT2D eigenvalue weighted by Crippen LogP contribution is 2.32. The van der Waals surface area contributed by atoms with Gasteiger partial charge in [0.25, 0.3) is 0 Å².